The van der Waals surface area contributed by atoms with Crippen LogP contribution in [0.2, 0.25) is 0 Å². The Kier molecular flexibility index (Phi) is 9.99. The molecule has 0 aromatic heterocycles. The lowest BCUT2D eigenvalue weighted by Crippen LogP contribution is -2.55. The van der Waals surface area contributed by atoms with Crippen LogP contribution in [-0.2, 0) is 16.1 Å². The lowest BCUT2D eigenvalue weighted by molar-refractivity contribution is -0.140. The molecule has 0 spiro atoms. The number of benzene rings is 2. The maximum absolute atomic E-state index is 13.7. The van der Waals surface area contributed by atoms with Gasteiger partial charge in [-0.15, -0.1) is 0 Å². The predicted octanol–water partition coefficient (Wildman–Crippen LogP) is 3.82. The van der Waals surface area contributed by atoms with E-state index in [-0.39, 0.29) is 31.4 Å². The Morgan fingerprint density at radius 1 is 1.05 bits per heavy atom. The number of para-hydroxylation sites is 1. The van der Waals surface area contributed by atoms with Gasteiger partial charge in [0.1, 0.15) is 18.0 Å². The molecule has 2 aromatic rings. The van der Waals surface area contributed by atoms with E-state index in [1.807, 2.05) is 54.6 Å². The molecule has 1 saturated carbocycles. The number of hydrogen-bond donors (Lipinski definition) is 3. The smallest absolute Gasteiger partial charge is 0.247 e. The van der Waals surface area contributed by atoms with Gasteiger partial charge in [0.25, 0.3) is 0 Å². The third-order valence-corrected chi connectivity index (χ3v) is 8.06. The van der Waals surface area contributed by atoms with Crippen molar-refractivity contribution in [1.82, 2.24) is 10.2 Å². The van der Waals surface area contributed by atoms with E-state index in [2.05, 4.69) is 27.9 Å². The highest BCUT2D eigenvalue weighted by molar-refractivity contribution is 14.1. The summed E-state index contributed by atoms with van der Waals surface area (Å²) in [5.74, 6) is 0.619. The zero-order valence-corrected chi connectivity index (χ0v) is 23.0. The monoisotopic (exact) mass is 618 g/mol. The Balaban J connectivity index is 1.65. The Labute approximate surface area is 232 Å². The lowest BCUT2D eigenvalue weighted by atomic mass is 9.87. The van der Waals surface area contributed by atoms with Crippen LogP contribution in [-0.4, -0.2) is 58.3 Å². The number of nitrogens with zero attached hydrogens (tertiary/aromatic N) is 1. The summed E-state index contributed by atoms with van der Waals surface area (Å²) < 4.78 is 7.11. The summed E-state index contributed by atoms with van der Waals surface area (Å²) in [6.45, 7) is 0.294. The number of amides is 2. The molecular weight excluding hydrogens is 583 g/mol. The molecule has 3 atom stereocenters. The van der Waals surface area contributed by atoms with Crippen LogP contribution in [0.25, 0.3) is 0 Å². The highest BCUT2D eigenvalue weighted by Gasteiger charge is 2.41. The first-order chi connectivity index (χ1) is 18.0. The predicted molar refractivity (Wildman–Crippen MR) is 150 cm³/mol. The van der Waals surface area contributed by atoms with E-state index < -0.39 is 18.2 Å². The molecule has 3 N–H and O–H groups in total. The molecule has 0 unspecified atom stereocenters. The van der Waals surface area contributed by atoms with Crippen LogP contribution in [0.5, 0.6) is 5.75 Å². The van der Waals surface area contributed by atoms with Gasteiger partial charge in [0.15, 0.2) is 0 Å². The first-order valence-electron chi connectivity index (χ1n) is 13.0. The molecule has 37 heavy (non-hydrogen) atoms. The molecule has 2 aliphatic rings. The van der Waals surface area contributed by atoms with Crippen LogP contribution in [0.15, 0.2) is 66.2 Å². The van der Waals surface area contributed by atoms with Crippen molar-refractivity contribution < 1.29 is 24.5 Å². The number of halogens is 1. The average Bonchev–Trinajstić information content (AvgIpc) is 3.42. The van der Waals surface area contributed by atoms with Crippen molar-refractivity contribution >= 4 is 34.4 Å². The number of hydrogen-bond acceptors (Lipinski definition) is 5. The van der Waals surface area contributed by atoms with E-state index in [0.717, 1.165) is 34.8 Å². The molecule has 2 amide bonds. The normalized spacial score (nSPS) is 21.8. The Morgan fingerprint density at radius 3 is 2.46 bits per heavy atom. The highest BCUT2D eigenvalue weighted by Crippen LogP contribution is 2.33. The number of aliphatic hydroxyl groups excluding tert-OH is 2. The number of ether oxygens (including phenoxy) is 1. The van der Waals surface area contributed by atoms with Gasteiger partial charge in [0, 0.05) is 31.5 Å². The fraction of sp³-hybridized carbons (Fsp3) is 0.448. The molecule has 2 aliphatic carbocycles. The summed E-state index contributed by atoms with van der Waals surface area (Å²) in [5.41, 5.74) is 1.40. The van der Waals surface area contributed by atoms with E-state index in [1.54, 1.807) is 11.0 Å². The molecule has 198 valence electrons. The number of carbonyl (C=O) groups excluding carboxylic acids is 2. The first-order valence-corrected chi connectivity index (χ1v) is 14.1. The summed E-state index contributed by atoms with van der Waals surface area (Å²) in [6, 6.07) is 16.6. The minimum absolute atomic E-state index is 0.00939. The van der Waals surface area contributed by atoms with Gasteiger partial charge in [0.2, 0.25) is 11.8 Å². The maximum Gasteiger partial charge on any atom is 0.247 e. The Morgan fingerprint density at radius 2 is 1.76 bits per heavy atom. The summed E-state index contributed by atoms with van der Waals surface area (Å²) in [7, 11) is 0. The molecule has 0 radical (unpaired) electrons. The molecular formula is C29H35IN2O5. The number of aliphatic hydroxyl groups is 2. The topological polar surface area (TPSA) is 99.1 Å². The van der Waals surface area contributed by atoms with Crippen LogP contribution >= 0.6 is 22.6 Å². The molecule has 0 saturated heterocycles. The van der Waals surface area contributed by atoms with Gasteiger partial charge in [-0.25, -0.2) is 0 Å². The third-order valence-electron chi connectivity index (χ3n) is 7.17. The van der Waals surface area contributed by atoms with Gasteiger partial charge in [0.05, 0.1) is 16.2 Å². The Bertz CT molecular complexity index is 1090. The third kappa shape index (κ3) is 7.33. The van der Waals surface area contributed by atoms with Crippen LogP contribution in [0.3, 0.4) is 0 Å². The van der Waals surface area contributed by atoms with Crippen LogP contribution in [0, 0.1) is 9.49 Å². The highest BCUT2D eigenvalue weighted by atomic mass is 127. The lowest BCUT2D eigenvalue weighted by Gasteiger charge is -2.41. The van der Waals surface area contributed by atoms with Crippen molar-refractivity contribution in [3.8, 4) is 5.75 Å². The summed E-state index contributed by atoms with van der Waals surface area (Å²) in [5, 5.41) is 23.5. The molecule has 0 bridgehead atoms. The minimum Gasteiger partial charge on any atom is -0.482 e. The molecule has 2 aromatic carbocycles. The van der Waals surface area contributed by atoms with Crippen molar-refractivity contribution in [3.63, 3.8) is 0 Å². The van der Waals surface area contributed by atoms with Gasteiger partial charge in [-0.3, -0.25) is 9.59 Å². The molecule has 0 heterocycles. The number of rotatable bonds is 10. The van der Waals surface area contributed by atoms with E-state index in [4.69, 9.17) is 4.74 Å². The van der Waals surface area contributed by atoms with Crippen molar-refractivity contribution in [1.29, 1.82) is 0 Å². The van der Waals surface area contributed by atoms with E-state index in [0.29, 0.717) is 30.2 Å². The van der Waals surface area contributed by atoms with Gasteiger partial charge in [-0.05, 0) is 65.1 Å². The zero-order valence-electron chi connectivity index (χ0n) is 20.9. The molecule has 8 heteroatoms. The standard InChI is InChI=1S/C29H35IN2O5/c30-23-12-6-7-13-25(23)37-26-18-22(29(36)31-14-15-33)17-24(28(26)35)32(19-21-10-2-1-3-11-21)27(34)16-20-8-4-5-9-20/h1-3,6-7,10-13,18,20,24,26,28,33,35H,4-5,8-9,14-17,19H2,(H,31,36)/t24-,26+,28+/m1/s1. The quantitative estimate of drug-likeness (QED) is 0.352. The molecule has 0 aliphatic heterocycles. The first kappa shape index (κ1) is 27.6. The van der Waals surface area contributed by atoms with E-state index >= 15 is 0 Å². The van der Waals surface area contributed by atoms with Crippen molar-refractivity contribution in [2.24, 2.45) is 5.92 Å². The van der Waals surface area contributed by atoms with Crippen LogP contribution in [0.4, 0.5) is 0 Å². The van der Waals surface area contributed by atoms with Gasteiger partial charge < -0.3 is 25.2 Å². The van der Waals surface area contributed by atoms with Crippen LogP contribution in [0.1, 0.15) is 44.1 Å². The second-order valence-corrected chi connectivity index (χ2v) is 11.0. The summed E-state index contributed by atoms with van der Waals surface area (Å²) >= 11 is 2.17. The largest absolute Gasteiger partial charge is 0.482 e. The van der Waals surface area contributed by atoms with Gasteiger partial charge in [-0.1, -0.05) is 55.3 Å². The fourth-order valence-electron chi connectivity index (χ4n) is 5.22. The zero-order chi connectivity index (χ0) is 26.2. The second kappa shape index (κ2) is 13.4. The fourth-order valence-corrected chi connectivity index (χ4v) is 5.73. The van der Waals surface area contributed by atoms with Crippen molar-refractivity contribution in [2.75, 3.05) is 13.2 Å². The van der Waals surface area contributed by atoms with Crippen LogP contribution < -0.4 is 10.1 Å². The number of nitrogens with one attached hydrogen (secondary N) is 1. The van der Waals surface area contributed by atoms with Gasteiger partial charge >= 0.3 is 0 Å². The Hall–Kier alpha value is -2.43. The van der Waals surface area contributed by atoms with Gasteiger partial charge in [-0.2, -0.15) is 0 Å². The number of carbonyl (C=O) groups is 2. The van der Waals surface area contributed by atoms with E-state index in [9.17, 15) is 19.8 Å². The SMILES string of the molecule is O=C(NCCO)C1=C[C@H](Oc2ccccc2I)[C@@H](O)[C@H](N(Cc2ccccc2)C(=O)CC2CCCC2)C1. The average molecular weight is 619 g/mol. The second-order valence-electron chi connectivity index (χ2n) is 9.81. The minimum atomic E-state index is -1.03. The summed E-state index contributed by atoms with van der Waals surface area (Å²) in [6.07, 6.45) is 4.83. The van der Waals surface area contributed by atoms with E-state index in [1.165, 1.54) is 0 Å². The molecule has 1 fully saturated rings. The van der Waals surface area contributed by atoms with Crippen molar-refractivity contribution in [2.45, 2.75) is 63.3 Å². The molecule has 7 nitrogen and oxygen atoms in total. The van der Waals surface area contributed by atoms with Crippen molar-refractivity contribution in [3.05, 3.63) is 75.4 Å². The molecule has 4 rings (SSSR count). The maximum atomic E-state index is 13.7. The summed E-state index contributed by atoms with van der Waals surface area (Å²) in [4.78, 5) is 28.5.